The SMILES string of the molecule is [CH2-]C.[CH3-].[CH3-].[V].[W+2]. The topological polar surface area (TPSA) is 0 Å². The van der Waals surface area contributed by atoms with Crippen molar-refractivity contribution in [3.8, 4) is 0 Å². The Kier molecular flexibility index (Phi) is 994. The van der Waals surface area contributed by atoms with Crippen LogP contribution in [0.4, 0.5) is 0 Å². The van der Waals surface area contributed by atoms with Crippen molar-refractivity contribution >= 4 is 0 Å². The van der Waals surface area contributed by atoms with Crippen molar-refractivity contribution < 1.29 is 39.6 Å². The molecule has 0 atom stereocenters. The maximum Gasteiger partial charge on any atom is 2.00 e. The van der Waals surface area contributed by atoms with Crippen molar-refractivity contribution in [1.82, 2.24) is 0 Å². The summed E-state index contributed by atoms with van der Waals surface area (Å²) in [5.74, 6) is 0. The molecular formula is C4H11VW-. The maximum atomic E-state index is 3.25. The van der Waals surface area contributed by atoms with Crippen LogP contribution in [0.3, 0.4) is 0 Å². The number of hydrogen-bond acceptors (Lipinski definition) is 0. The number of rotatable bonds is 0. The molecule has 0 aromatic rings. The first-order valence-corrected chi connectivity index (χ1v) is 0.707. The van der Waals surface area contributed by atoms with Gasteiger partial charge in [-0.05, 0) is 0 Å². The third kappa shape index (κ3) is 59.4. The summed E-state index contributed by atoms with van der Waals surface area (Å²) in [5, 5.41) is 0. The number of hydrogen-bond donors (Lipinski definition) is 0. The summed E-state index contributed by atoms with van der Waals surface area (Å²) in [7, 11) is 0. The molecule has 0 spiro atoms. The third-order valence-electron chi connectivity index (χ3n) is 0. The molecule has 0 aromatic carbocycles. The van der Waals surface area contributed by atoms with Gasteiger partial charge in [-0.15, -0.1) is 0 Å². The monoisotopic (exact) mass is 294 g/mol. The summed E-state index contributed by atoms with van der Waals surface area (Å²) in [4.78, 5) is 0. The van der Waals surface area contributed by atoms with Crippen molar-refractivity contribution in [2.45, 2.75) is 6.92 Å². The van der Waals surface area contributed by atoms with Crippen molar-refractivity contribution in [2.24, 2.45) is 0 Å². The Morgan fingerprint density at radius 2 is 1.00 bits per heavy atom. The molecule has 0 N–H and O–H groups in total. The van der Waals surface area contributed by atoms with E-state index in [9.17, 15) is 0 Å². The van der Waals surface area contributed by atoms with Gasteiger partial charge in [0.05, 0.1) is 0 Å². The van der Waals surface area contributed by atoms with Gasteiger partial charge in [-0.2, -0.15) is 6.92 Å². The van der Waals surface area contributed by atoms with Gasteiger partial charge in [-0.25, -0.2) is 0 Å². The summed E-state index contributed by atoms with van der Waals surface area (Å²) >= 11 is 0. The molecule has 1 radical (unpaired) electrons. The Morgan fingerprint density at radius 1 is 1.00 bits per heavy atom. The van der Waals surface area contributed by atoms with Crippen molar-refractivity contribution in [3.63, 3.8) is 0 Å². The molecule has 2 heteroatoms. The molecular weight excluding hydrogens is 283 g/mol. The average molecular weight is 294 g/mol. The first-order chi connectivity index (χ1) is 1.00. The Labute approximate surface area is 68.2 Å². The Bertz CT molecular complexity index is 7.51. The second kappa shape index (κ2) is 108. The molecule has 0 nitrogen and oxygen atoms in total. The first-order valence-electron chi connectivity index (χ1n) is 0.707. The molecule has 0 saturated carbocycles. The van der Waals surface area contributed by atoms with Crippen molar-refractivity contribution in [1.29, 1.82) is 0 Å². The molecule has 0 aliphatic carbocycles. The molecule has 0 amide bonds. The normalized spacial score (nSPS) is 1.00. The fourth-order valence-electron chi connectivity index (χ4n) is 0. The maximum absolute atomic E-state index is 3.25. The summed E-state index contributed by atoms with van der Waals surface area (Å²) in [5.41, 5.74) is 0. The van der Waals surface area contributed by atoms with Crippen LogP contribution in [0.25, 0.3) is 0 Å². The van der Waals surface area contributed by atoms with Crippen molar-refractivity contribution in [2.75, 3.05) is 0 Å². The zero-order chi connectivity index (χ0) is 2.00. The minimum atomic E-state index is 0. The molecule has 0 saturated heterocycles. The van der Waals surface area contributed by atoms with Gasteiger partial charge in [0, 0.05) is 18.6 Å². The molecule has 0 unspecified atom stereocenters. The molecule has 0 aliphatic heterocycles. The van der Waals surface area contributed by atoms with Crippen LogP contribution in [0.1, 0.15) is 6.92 Å². The van der Waals surface area contributed by atoms with E-state index >= 15 is 0 Å². The summed E-state index contributed by atoms with van der Waals surface area (Å²) in [6, 6.07) is 0. The van der Waals surface area contributed by atoms with Crippen LogP contribution >= 0.6 is 0 Å². The zero-order valence-corrected chi connectivity index (χ0v) is 8.89. The van der Waals surface area contributed by atoms with Gasteiger partial charge in [0.2, 0.25) is 0 Å². The zero-order valence-electron chi connectivity index (χ0n) is 4.56. The van der Waals surface area contributed by atoms with E-state index in [-0.39, 0.29) is 54.5 Å². The summed E-state index contributed by atoms with van der Waals surface area (Å²) in [6.07, 6.45) is 0. The van der Waals surface area contributed by atoms with Crippen LogP contribution in [0.15, 0.2) is 0 Å². The van der Waals surface area contributed by atoms with Crippen LogP contribution in [0.5, 0.6) is 0 Å². The minimum absolute atomic E-state index is 0. The van der Waals surface area contributed by atoms with Gasteiger partial charge in [0.25, 0.3) is 0 Å². The minimum Gasteiger partial charge on any atom is -0.358 e. The van der Waals surface area contributed by atoms with Crippen LogP contribution in [-0.4, -0.2) is 0 Å². The van der Waals surface area contributed by atoms with Crippen LogP contribution in [0.2, 0.25) is 0 Å². The molecule has 0 fully saturated rings. The Morgan fingerprint density at radius 3 is 1.00 bits per heavy atom. The van der Waals surface area contributed by atoms with Gasteiger partial charge in [-0.3, -0.25) is 0 Å². The predicted octanol–water partition coefficient (Wildman–Crippen LogP) is 1.74. The van der Waals surface area contributed by atoms with E-state index in [1.165, 1.54) is 0 Å². The summed E-state index contributed by atoms with van der Waals surface area (Å²) in [6.45, 7) is 5.00. The molecule has 0 bridgehead atoms. The average Bonchev–Trinajstić information content (AvgIpc) is 1.00. The van der Waals surface area contributed by atoms with Gasteiger partial charge < -0.3 is 21.8 Å². The summed E-state index contributed by atoms with van der Waals surface area (Å²) < 4.78 is 0. The fourth-order valence-corrected chi connectivity index (χ4v) is 0. The standard InChI is InChI=1S/C2H5.2CH3.V.W/c1-2;;;;/h1H2,2H3;2*1H3;;/q3*-1;;+2. The second-order valence-electron chi connectivity index (χ2n) is 0. The largest absolute Gasteiger partial charge is 2.00 e. The molecule has 0 aromatic heterocycles. The predicted molar refractivity (Wildman–Crippen MR) is 23.9 cm³/mol. The Hall–Kier alpha value is 1.27. The fraction of sp³-hybridized carbons (Fsp3) is 0.250. The van der Waals surface area contributed by atoms with E-state index in [0.717, 1.165) is 0 Å². The third-order valence-corrected chi connectivity index (χ3v) is 0. The van der Waals surface area contributed by atoms with Crippen LogP contribution < -0.4 is 0 Å². The molecule has 0 aliphatic rings. The van der Waals surface area contributed by atoms with Crippen molar-refractivity contribution in [3.05, 3.63) is 21.8 Å². The second-order valence-corrected chi connectivity index (χ2v) is 0. The van der Waals surface area contributed by atoms with E-state index in [1.54, 1.807) is 6.92 Å². The first kappa shape index (κ1) is 55.4. The van der Waals surface area contributed by atoms with Crippen LogP contribution in [-0.2, 0) is 39.6 Å². The van der Waals surface area contributed by atoms with Gasteiger partial charge >= 0.3 is 21.1 Å². The molecule has 0 rings (SSSR count). The van der Waals surface area contributed by atoms with E-state index in [2.05, 4.69) is 6.92 Å². The van der Waals surface area contributed by atoms with Crippen LogP contribution in [0, 0.1) is 21.8 Å². The van der Waals surface area contributed by atoms with E-state index in [0.29, 0.717) is 0 Å². The molecule has 0 heterocycles. The van der Waals surface area contributed by atoms with E-state index in [4.69, 9.17) is 0 Å². The van der Waals surface area contributed by atoms with Gasteiger partial charge in [0.1, 0.15) is 0 Å². The van der Waals surface area contributed by atoms with Gasteiger partial charge in [0.15, 0.2) is 0 Å². The smallest absolute Gasteiger partial charge is 0.358 e. The van der Waals surface area contributed by atoms with E-state index < -0.39 is 0 Å². The Balaban J connectivity index is -0.000000000833. The quantitative estimate of drug-likeness (QED) is 0.597. The van der Waals surface area contributed by atoms with Gasteiger partial charge in [-0.1, -0.05) is 0 Å². The molecule has 6 heavy (non-hydrogen) atoms. The molecule has 39 valence electrons. The van der Waals surface area contributed by atoms with E-state index in [1.807, 2.05) is 0 Å².